The van der Waals surface area contributed by atoms with Crippen LogP contribution in [0.4, 0.5) is 9.59 Å². The predicted octanol–water partition coefficient (Wildman–Crippen LogP) is 0.660. The highest BCUT2D eigenvalue weighted by Crippen LogP contribution is 2.08. The van der Waals surface area contributed by atoms with Crippen molar-refractivity contribution >= 4 is 12.1 Å². The fourth-order valence-electron chi connectivity index (χ4n) is 1.74. The summed E-state index contributed by atoms with van der Waals surface area (Å²) in [5, 5.41) is 5.28. The van der Waals surface area contributed by atoms with Gasteiger partial charge in [0.2, 0.25) is 0 Å². The molecule has 6 N–H and O–H groups in total. The van der Waals surface area contributed by atoms with Crippen LogP contribution in [0.3, 0.4) is 0 Å². The third-order valence-electron chi connectivity index (χ3n) is 2.34. The average molecular weight is 230 g/mol. The Hall–Kier alpha value is -1.46. The van der Waals surface area contributed by atoms with Gasteiger partial charge in [0.25, 0.3) is 0 Å². The Labute approximate surface area is 96.1 Å². The molecule has 0 aromatic rings. The topological polar surface area (TPSA) is 110 Å². The number of primary amides is 2. The molecule has 2 atom stereocenters. The third-order valence-corrected chi connectivity index (χ3v) is 2.34. The summed E-state index contributed by atoms with van der Waals surface area (Å²) in [6, 6.07) is -1.47. The van der Waals surface area contributed by atoms with Crippen LogP contribution >= 0.6 is 0 Å². The van der Waals surface area contributed by atoms with Gasteiger partial charge in [-0.3, -0.25) is 0 Å². The number of hydrogen-bond donors (Lipinski definition) is 4. The minimum atomic E-state index is -0.578. The first-order valence-electron chi connectivity index (χ1n) is 5.63. The number of carbonyl (C=O) groups excluding carboxylic acids is 2. The first-order chi connectivity index (χ1) is 7.51. The number of carbonyl (C=O) groups is 2. The number of rotatable bonds is 7. The summed E-state index contributed by atoms with van der Waals surface area (Å²) in [7, 11) is 0. The molecule has 0 fully saturated rings. The molecule has 0 rings (SSSR count). The molecular formula is C10H22N4O2. The molecule has 0 heterocycles. The Morgan fingerprint density at radius 3 is 1.44 bits per heavy atom. The maximum Gasteiger partial charge on any atom is 0.312 e. The van der Waals surface area contributed by atoms with Gasteiger partial charge in [-0.1, -0.05) is 26.7 Å². The van der Waals surface area contributed by atoms with Gasteiger partial charge in [-0.2, -0.15) is 0 Å². The maximum absolute atomic E-state index is 10.8. The molecule has 6 nitrogen and oxygen atoms in total. The van der Waals surface area contributed by atoms with Crippen LogP contribution in [-0.4, -0.2) is 24.1 Å². The van der Waals surface area contributed by atoms with E-state index in [-0.39, 0.29) is 12.1 Å². The second-order valence-corrected chi connectivity index (χ2v) is 3.81. The zero-order chi connectivity index (χ0) is 12.6. The second kappa shape index (κ2) is 7.78. The summed E-state index contributed by atoms with van der Waals surface area (Å²) in [6.45, 7) is 4.01. The highest BCUT2D eigenvalue weighted by atomic mass is 16.2. The van der Waals surface area contributed by atoms with Gasteiger partial charge in [-0.15, -0.1) is 0 Å². The van der Waals surface area contributed by atoms with Crippen molar-refractivity contribution in [1.82, 2.24) is 10.6 Å². The lowest BCUT2D eigenvalue weighted by Crippen LogP contribution is -2.53. The Morgan fingerprint density at radius 1 is 0.938 bits per heavy atom. The number of nitrogens with two attached hydrogens (primary N) is 2. The van der Waals surface area contributed by atoms with E-state index in [1.165, 1.54) is 0 Å². The van der Waals surface area contributed by atoms with Gasteiger partial charge in [0, 0.05) is 0 Å². The number of urea groups is 2. The quantitative estimate of drug-likeness (QED) is 0.515. The van der Waals surface area contributed by atoms with Crippen molar-refractivity contribution in [3.8, 4) is 0 Å². The summed E-state index contributed by atoms with van der Waals surface area (Å²) in [5.74, 6) is 0. The fourth-order valence-corrected chi connectivity index (χ4v) is 1.74. The van der Waals surface area contributed by atoms with Gasteiger partial charge in [-0.05, 0) is 12.8 Å². The first kappa shape index (κ1) is 14.5. The van der Waals surface area contributed by atoms with Crippen LogP contribution in [0.15, 0.2) is 0 Å². The van der Waals surface area contributed by atoms with Crippen LogP contribution in [0.5, 0.6) is 0 Å². The average Bonchev–Trinajstić information content (AvgIpc) is 2.15. The predicted molar refractivity (Wildman–Crippen MR) is 62.8 cm³/mol. The van der Waals surface area contributed by atoms with E-state index in [1.807, 2.05) is 13.8 Å². The van der Waals surface area contributed by atoms with E-state index >= 15 is 0 Å². The maximum atomic E-state index is 10.8. The zero-order valence-electron chi connectivity index (χ0n) is 9.95. The van der Waals surface area contributed by atoms with E-state index in [2.05, 4.69) is 10.6 Å². The smallest absolute Gasteiger partial charge is 0.312 e. The van der Waals surface area contributed by atoms with Gasteiger partial charge >= 0.3 is 12.1 Å². The summed E-state index contributed by atoms with van der Waals surface area (Å²) < 4.78 is 0. The molecule has 0 aliphatic heterocycles. The normalized spacial score (nSPS) is 13.9. The molecule has 2 unspecified atom stereocenters. The molecule has 0 aromatic heterocycles. The van der Waals surface area contributed by atoms with Gasteiger partial charge in [-0.25, -0.2) is 9.59 Å². The van der Waals surface area contributed by atoms with Crippen molar-refractivity contribution in [3.05, 3.63) is 0 Å². The highest BCUT2D eigenvalue weighted by Gasteiger charge is 2.22. The number of nitrogens with one attached hydrogen (secondary N) is 2. The molecule has 94 valence electrons. The Bertz CT molecular complexity index is 209. The van der Waals surface area contributed by atoms with Crippen molar-refractivity contribution in [1.29, 1.82) is 0 Å². The SMILES string of the molecule is CCCC(NC(N)=O)C(CCC)NC(N)=O. The standard InChI is InChI=1S/C10H22N4O2/c1-3-5-7(13-9(11)15)8(6-4-2)14-10(12)16/h7-8H,3-6H2,1-2H3,(H3,11,13,15)(H3,12,14,16). The van der Waals surface area contributed by atoms with Gasteiger partial charge < -0.3 is 22.1 Å². The van der Waals surface area contributed by atoms with E-state index < -0.39 is 12.1 Å². The minimum absolute atomic E-state index is 0.157. The molecule has 4 amide bonds. The van der Waals surface area contributed by atoms with Crippen LogP contribution in [0.1, 0.15) is 39.5 Å². The molecular weight excluding hydrogens is 208 g/mol. The fraction of sp³-hybridized carbons (Fsp3) is 0.800. The van der Waals surface area contributed by atoms with Crippen molar-refractivity contribution < 1.29 is 9.59 Å². The first-order valence-corrected chi connectivity index (χ1v) is 5.63. The molecule has 0 bridgehead atoms. The highest BCUT2D eigenvalue weighted by molar-refractivity contribution is 5.73. The summed E-state index contributed by atoms with van der Waals surface area (Å²) >= 11 is 0. The van der Waals surface area contributed by atoms with E-state index in [9.17, 15) is 9.59 Å². The van der Waals surface area contributed by atoms with Crippen molar-refractivity contribution in [3.63, 3.8) is 0 Å². The lowest BCUT2D eigenvalue weighted by molar-refractivity contribution is 0.229. The second-order valence-electron chi connectivity index (χ2n) is 3.81. The van der Waals surface area contributed by atoms with Crippen molar-refractivity contribution in [2.24, 2.45) is 11.5 Å². The molecule has 0 radical (unpaired) electrons. The van der Waals surface area contributed by atoms with E-state index in [4.69, 9.17) is 11.5 Å². The van der Waals surface area contributed by atoms with Crippen LogP contribution < -0.4 is 22.1 Å². The number of amides is 4. The minimum Gasteiger partial charge on any atom is -0.352 e. The largest absolute Gasteiger partial charge is 0.352 e. The summed E-state index contributed by atoms with van der Waals surface area (Å²) in [5.41, 5.74) is 10.2. The van der Waals surface area contributed by atoms with Crippen LogP contribution in [0, 0.1) is 0 Å². The van der Waals surface area contributed by atoms with Gasteiger partial charge in [0.1, 0.15) is 0 Å². The molecule has 16 heavy (non-hydrogen) atoms. The van der Waals surface area contributed by atoms with Crippen LogP contribution in [-0.2, 0) is 0 Å². The monoisotopic (exact) mass is 230 g/mol. The molecule has 0 aromatic carbocycles. The van der Waals surface area contributed by atoms with E-state index in [0.717, 1.165) is 25.7 Å². The molecule has 0 saturated carbocycles. The Morgan fingerprint density at radius 2 is 1.25 bits per heavy atom. The Kier molecular flexibility index (Phi) is 7.07. The lowest BCUT2D eigenvalue weighted by atomic mass is 9.99. The van der Waals surface area contributed by atoms with E-state index in [1.54, 1.807) is 0 Å². The number of hydrogen-bond acceptors (Lipinski definition) is 2. The van der Waals surface area contributed by atoms with Crippen LogP contribution in [0.2, 0.25) is 0 Å². The van der Waals surface area contributed by atoms with Crippen LogP contribution in [0.25, 0.3) is 0 Å². The molecule has 0 spiro atoms. The molecule has 0 saturated heterocycles. The van der Waals surface area contributed by atoms with Gasteiger partial charge in [0.15, 0.2) is 0 Å². The van der Waals surface area contributed by atoms with E-state index in [0.29, 0.717) is 0 Å². The molecule has 0 aliphatic rings. The zero-order valence-corrected chi connectivity index (χ0v) is 9.95. The third kappa shape index (κ3) is 6.10. The van der Waals surface area contributed by atoms with Gasteiger partial charge in [0.05, 0.1) is 12.1 Å². The molecule has 6 heteroatoms. The summed E-state index contributed by atoms with van der Waals surface area (Å²) in [4.78, 5) is 21.7. The molecule has 0 aliphatic carbocycles. The lowest BCUT2D eigenvalue weighted by Gasteiger charge is -2.27. The Balaban J connectivity index is 4.49. The van der Waals surface area contributed by atoms with Crippen molar-refractivity contribution in [2.75, 3.05) is 0 Å². The van der Waals surface area contributed by atoms with Crippen molar-refractivity contribution in [2.45, 2.75) is 51.6 Å². The summed E-state index contributed by atoms with van der Waals surface area (Å²) in [6.07, 6.45) is 3.30.